The number of rotatable bonds is 5. The Morgan fingerprint density at radius 1 is 1.05 bits per heavy atom. The molecule has 0 N–H and O–H groups in total. The third-order valence-corrected chi connectivity index (χ3v) is 3.94. The number of pyridine rings is 1. The fraction of sp³-hybridized carbons (Fsp3) is 0.143. The third kappa shape index (κ3) is 3.53. The lowest BCUT2D eigenvalue weighted by atomic mass is 10.3. The zero-order valence-electron chi connectivity index (χ0n) is 11.8. The monoisotopic (exact) mass is 323 g/mol. The average Bonchev–Trinajstić information content (AvgIpc) is 2.54. The second kappa shape index (κ2) is 6.44. The quantitative estimate of drug-likeness (QED) is 0.610. The number of benzene rings is 1. The molecule has 116 valence electrons. The van der Waals surface area contributed by atoms with Crippen LogP contribution in [0.15, 0.2) is 47.5 Å². The molecule has 0 aliphatic rings. The standard InChI is InChI=1S/C14H13NO6S/c1-19-11-4-6-12(7-5-11)22(17,18)21-13-8-3-10(9-15-13)14(16)20-2/h3-9H,1-2H3. The molecule has 0 saturated carbocycles. The van der Waals surface area contributed by atoms with E-state index in [-0.39, 0.29) is 16.3 Å². The highest BCUT2D eigenvalue weighted by Gasteiger charge is 2.18. The van der Waals surface area contributed by atoms with Gasteiger partial charge >= 0.3 is 16.1 Å². The van der Waals surface area contributed by atoms with Gasteiger partial charge in [0.1, 0.15) is 10.6 Å². The summed E-state index contributed by atoms with van der Waals surface area (Å²) < 4.78 is 38.5. The SMILES string of the molecule is COC(=O)c1ccc(OS(=O)(=O)c2ccc(OC)cc2)nc1. The lowest BCUT2D eigenvalue weighted by Crippen LogP contribution is -2.11. The first-order valence-corrected chi connectivity index (χ1v) is 7.50. The summed E-state index contributed by atoms with van der Waals surface area (Å²) >= 11 is 0. The first-order chi connectivity index (χ1) is 10.5. The number of hydrogen-bond donors (Lipinski definition) is 0. The molecule has 0 aliphatic carbocycles. The van der Waals surface area contributed by atoms with Crippen molar-refractivity contribution in [3.8, 4) is 11.6 Å². The topological polar surface area (TPSA) is 91.8 Å². The second-order valence-electron chi connectivity index (χ2n) is 4.09. The van der Waals surface area contributed by atoms with Crippen LogP contribution in [0.2, 0.25) is 0 Å². The van der Waals surface area contributed by atoms with Gasteiger partial charge in [0.15, 0.2) is 0 Å². The molecule has 2 aromatic rings. The largest absolute Gasteiger partial charge is 0.497 e. The van der Waals surface area contributed by atoms with Gasteiger partial charge < -0.3 is 13.7 Å². The van der Waals surface area contributed by atoms with E-state index in [1.54, 1.807) is 0 Å². The Kier molecular flexibility index (Phi) is 4.62. The van der Waals surface area contributed by atoms with Gasteiger partial charge in [0, 0.05) is 12.3 Å². The van der Waals surface area contributed by atoms with Gasteiger partial charge in [-0.15, -0.1) is 0 Å². The number of carbonyl (C=O) groups is 1. The number of carbonyl (C=O) groups excluding carboxylic acids is 1. The Balaban J connectivity index is 2.19. The van der Waals surface area contributed by atoms with Crippen LogP contribution in [0.5, 0.6) is 11.6 Å². The molecule has 0 atom stereocenters. The summed E-state index contributed by atoms with van der Waals surface area (Å²) in [4.78, 5) is 15.0. The molecule has 0 fully saturated rings. The maximum atomic E-state index is 12.1. The van der Waals surface area contributed by atoms with Gasteiger partial charge in [-0.2, -0.15) is 8.42 Å². The van der Waals surface area contributed by atoms with E-state index in [0.717, 1.165) is 0 Å². The first kappa shape index (κ1) is 15.8. The van der Waals surface area contributed by atoms with Gasteiger partial charge in [-0.1, -0.05) is 0 Å². The molecule has 1 aromatic carbocycles. The summed E-state index contributed by atoms with van der Waals surface area (Å²) in [7, 11) is -1.30. The molecule has 0 saturated heterocycles. The van der Waals surface area contributed by atoms with Gasteiger partial charge in [-0.3, -0.25) is 0 Å². The van der Waals surface area contributed by atoms with Crippen molar-refractivity contribution in [3.05, 3.63) is 48.2 Å². The molecule has 1 aromatic heterocycles. The van der Waals surface area contributed by atoms with Crippen LogP contribution in [0.4, 0.5) is 0 Å². The Hall–Kier alpha value is -2.61. The highest BCUT2D eigenvalue weighted by Crippen LogP contribution is 2.19. The second-order valence-corrected chi connectivity index (χ2v) is 5.64. The van der Waals surface area contributed by atoms with E-state index in [2.05, 4.69) is 9.72 Å². The summed E-state index contributed by atoms with van der Waals surface area (Å²) in [5.41, 5.74) is 0.191. The number of ether oxygens (including phenoxy) is 2. The highest BCUT2D eigenvalue weighted by atomic mass is 32.2. The van der Waals surface area contributed by atoms with Crippen LogP contribution in [-0.2, 0) is 14.9 Å². The average molecular weight is 323 g/mol. The minimum Gasteiger partial charge on any atom is -0.497 e. The van der Waals surface area contributed by atoms with E-state index in [4.69, 9.17) is 8.92 Å². The van der Waals surface area contributed by atoms with Crippen molar-refractivity contribution in [2.45, 2.75) is 4.90 Å². The normalized spacial score (nSPS) is 10.8. The van der Waals surface area contributed by atoms with Crippen LogP contribution in [0.3, 0.4) is 0 Å². The minimum atomic E-state index is -4.01. The lowest BCUT2D eigenvalue weighted by molar-refractivity contribution is 0.0600. The van der Waals surface area contributed by atoms with Crippen LogP contribution in [0, 0.1) is 0 Å². The number of nitrogens with zero attached hydrogens (tertiary/aromatic N) is 1. The van der Waals surface area contributed by atoms with E-state index >= 15 is 0 Å². The zero-order chi connectivity index (χ0) is 16.2. The Morgan fingerprint density at radius 3 is 2.23 bits per heavy atom. The summed E-state index contributed by atoms with van der Waals surface area (Å²) in [6.45, 7) is 0. The molecule has 0 unspecified atom stereocenters. The maximum Gasteiger partial charge on any atom is 0.340 e. The van der Waals surface area contributed by atoms with E-state index in [0.29, 0.717) is 5.75 Å². The third-order valence-electron chi connectivity index (χ3n) is 2.70. The highest BCUT2D eigenvalue weighted by molar-refractivity contribution is 7.87. The molecule has 1 heterocycles. The summed E-state index contributed by atoms with van der Waals surface area (Å²) in [6, 6.07) is 8.35. The molecule has 0 aliphatic heterocycles. The fourth-order valence-electron chi connectivity index (χ4n) is 1.57. The van der Waals surface area contributed by atoms with Gasteiger partial charge in [0.25, 0.3) is 0 Å². The summed E-state index contributed by atoms with van der Waals surface area (Å²) in [5.74, 6) is -0.194. The van der Waals surface area contributed by atoms with Crippen molar-refractivity contribution >= 4 is 16.1 Å². The molecule has 0 amide bonds. The number of esters is 1. The summed E-state index contributed by atoms with van der Waals surface area (Å²) in [5, 5.41) is 0. The van der Waals surface area contributed by atoms with Gasteiger partial charge in [0.05, 0.1) is 19.8 Å². The van der Waals surface area contributed by atoms with Crippen LogP contribution >= 0.6 is 0 Å². The van der Waals surface area contributed by atoms with E-state index in [1.807, 2.05) is 0 Å². The summed E-state index contributed by atoms with van der Waals surface area (Å²) in [6.07, 6.45) is 1.17. The van der Waals surface area contributed by atoms with Crippen LogP contribution < -0.4 is 8.92 Å². The fourth-order valence-corrected chi connectivity index (χ4v) is 2.46. The Labute approximate surface area is 127 Å². The first-order valence-electron chi connectivity index (χ1n) is 6.09. The minimum absolute atomic E-state index is 0.0351. The van der Waals surface area contributed by atoms with Crippen LogP contribution in [-0.4, -0.2) is 33.6 Å². The Morgan fingerprint density at radius 2 is 1.73 bits per heavy atom. The lowest BCUT2D eigenvalue weighted by Gasteiger charge is -2.07. The molecule has 7 nitrogen and oxygen atoms in total. The predicted octanol–water partition coefficient (Wildman–Crippen LogP) is 1.64. The number of methoxy groups -OCH3 is 2. The van der Waals surface area contributed by atoms with Crippen molar-refractivity contribution in [1.29, 1.82) is 0 Å². The van der Waals surface area contributed by atoms with E-state index < -0.39 is 16.1 Å². The molecule has 0 radical (unpaired) electrons. The van der Waals surface area contributed by atoms with Crippen molar-refractivity contribution in [2.24, 2.45) is 0 Å². The van der Waals surface area contributed by atoms with E-state index in [9.17, 15) is 13.2 Å². The van der Waals surface area contributed by atoms with E-state index in [1.165, 1.54) is 56.8 Å². The number of hydrogen-bond acceptors (Lipinski definition) is 7. The van der Waals surface area contributed by atoms with Crippen molar-refractivity contribution in [1.82, 2.24) is 4.98 Å². The van der Waals surface area contributed by atoms with Crippen LogP contribution in [0.25, 0.3) is 0 Å². The molecule has 0 spiro atoms. The molecular formula is C14H13NO6S. The molecule has 2 rings (SSSR count). The van der Waals surface area contributed by atoms with Gasteiger partial charge in [-0.25, -0.2) is 9.78 Å². The van der Waals surface area contributed by atoms with Crippen molar-refractivity contribution in [3.63, 3.8) is 0 Å². The number of aromatic nitrogens is 1. The van der Waals surface area contributed by atoms with Crippen molar-refractivity contribution in [2.75, 3.05) is 14.2 Å². The predicted molar refractivity (Wildman–Crippen MR) is 76.4 cm³/mol. The molecular weight excluding hydrogens is 310 g/mol. The molecule has 8 heteroatoms. The van der Waals surface area contributed by atoms with Gasteiger partial charge in [-0.05, 0) is 30.3 Å². The molecule has 22 heavy (non-hydrogen) atoms. The smallest absolute Gasteiger partial charge is 0.340 e. The van der Waals surface area contributed by atoms with Crippen molar-refractivity contribution < 1.29 is 26.9 Å². The van der Waals surface area contributed by atoms with Crippen LogP contribution in [0.1, 0.15) is 10.4 Å². The maximum absolute atomic E-state index is 12.1. The molecule has 0 bridgehead atoms. The zero-order valence-corrected chi connectivity index (χ0v) is 12.7. The Bertz CT molecular complexity index is 753. The van der Waals surface area contributed by atoms with Gasteiger partial charge in [0.2, 0.25) is 5.88 Å².